The molecule has 1 unspecified atom stereocenters. The van der Waals surface area contributed by atoms with E-state index in [1.807, 2.05) is 26.2 Å². The first-order chi connectivity index (χ1) is 7.09. The van der Waals surface area contributed by atoms with Gasteiger partial charge < -0.3 is 10.6 Å². The fourth-order valence-electron chi connectivity index (χ4n) is 1.17. The molecule has 0 bridgehead atoms. The Labute approximate surface area is 94.9 Å². The molecule has 2 N–H and O–H groups in total. The van der Waals surface area contributed by atoms with Crippen LogP contribution in [-0.4, -0.2) is 18.0 Å². The molecule has 0 radical (unpaired) electrons. The van der Waals surface area contributed by atoms with Gasteiger partial charge in [0.25, 0.3) is 0 Å². The van der Waals surface area contributed by atoms with Gasteiger partial charge in [-0.05, 0) is 43.2 Å². The molecule has 0 spiro atoms. The number of carbonyl (C=O) groups excluding carboxylic acids is 1. The van der Waals surface area contributed by atoms with Crippen LogP contribution < -0.4 is 10.6 Å². The maximum absolute atomic E-state index is 11.5. The van der Waals surface area contributed by atoms with Crippen LogP contribution in [0, 0.1) is 0 Å². The second kappa shape index (κ2) is 5.88. The van der Waals surface area contributed by atoms with Crippen molar-refractivity contribution >= 4 is 17.2 Å². The Morgan fingerprint density at radius 3 is 2.73 bits per heavy atom. The van der Waals surface area contributed by atoms with Crippen molar-refractivity contribution in [1.82, 2.24) is 10.6 Å². The number of rotatable bonds is 5. The molecule has 3 nitrogen and oxygen atoms in total. The van der Waals surface area contributed by atoms with Crippen molar-refractivity contribution < 1.29 is 4.79 Å². The third kappa shape index (κ3) is 4.44. The number of hydrogen-bond acceptors (Lipinski definition) is 3. The lowest BCUT2D eigenvalue weighted by molar-refractivity contribution is -0.123. The highest BCUT2D eigenvalue weighted by Gasteiger charge is 2.12. The number of hydrogen-bond donors (Lipinski definition) is 2. The van der Waals surface area contributed by atoms with E-state index >= 15 is 0 Å². The largest absolute Gasteiger partial charge is 0.353 e. The molecule has 1 heterocycles. The molecular weight excluding hydrogens is 208 g/mol. The van der Waals surface area contributed by atoms with Crippen LogP contribution in [0.25, 0.3) is 0 Å². The molecule has 0 aliphatic heterocycles. The van der Waals surface area contributed by atoms with E-state index in [4.69, 9.17) is 0 Å². The van der Waals surface area contributed by atoms with Crippen LogP contribution in [0.15, 0.2) is 16.8 Å². The van der Waals surface area contributed by atoms with E-state index in [-0.39, 0.29) is 18.0 Å². The van der Waals surface area contributed by atoms with Gasteiger partial charge in [0.15, 0.2) is 0 Å². The molecular formula is C11H18N2OS. The number of carbonyl (C=O) groups is 1. The van der Waals surface area contributed by atoms with Crippen molar-refractivity contribution in [2.24, 2.45) is 0 Å². The maximum Gasteiger partial charge on any atom is 0.237 e. The Morgan fingerprint density at radius 1 is 1.47 bits per heavy atom. The van der Waals surface area contributed by atoms with E-state index in [1.54, 1.807) is 11.3 Å². The summed E-state index contributed by atoms with van der Waals surface area (Å²) in [6.07, 6.45) is 0. The average molecular weight is 226 g/mol. The quantitative estimate of drug-likeness (QED) is 0.803. The summed E-state index contributed by atoms with van der Waals surface area (Å²) in [5.41, 5.74) is 1.23. The zero-order valence-electron chi connectivity index (χ0n) is 9.41. The molecule has 1 amide bonds. The van der Waals surface area contributed by atoms with Gasteiger partial charge in [-0.3, -0.25) is 4.79 Å². The number of nitrogens with one attached hydrogen (secondary N) is 2. The monoisotopic (exact) mass is 226 g/mol. The van der Waals surface area contributed by atoms with E-state index in [0.717, 1.165) is 6.54 Å². The van der Waals surface area contributed by atoms with Crippen molar-refractivity contribution in [3.8, 4) is 0 Å². The smallest absolute Gasteiger partial charge is 0.237 e. The molecule has 1 rings (SSSR count). The normalized spacial score (nSPS) is 12.8. The van der Waals surface area contributed by atoms with E-state index < -0.39 is 0 Å². The van der Waals surface area contributed by atoms with Gasteiger partial charge in [0.2, 0.25) is 5.91 Å². The van der Waals surface area contributed by atoms with E-state index in [2.05, 4.69) is 22.1 Å². The van der Waals surface area contributed by atoms with E-state index in [0.29, 0.717) is 0 Å². The van der Waals surface area contributed by atoms with Crippen molar-refractivity contribution in [2.45, 2.75) is 39.4 Å². The Kier molecular flexibility index (Phi) is 4.78. The first-order valence-electron chi connectivity index (χ1n) is 5.14. The van der Waals surface area contributed by atoms with Crippen molar-refractivity contribution in [3.05, 3.63) is 22.4 Å². The lowest BCUT2D eigenvalue weighted by Gasteiger charge is -2.15. The fraction of sp³-hybridized carbons (Fsp3) is 0.545. The summed E-state index contributed by atoms with van der Waals surface area (Å²) in [7, 11) is 0. The molecule has 1 aromatic heterocycles. The van der Waals surface area contributed by atoms with Gasteiger partial charge in [0.05, 0.1) is 6.04 Å². The van der Waals surface area contributed by atoms with Gasteiger partial charge in [0, 0.05) is 12.6 Å². The van der Waals surface area contributed by atoms with Crippen LogP contribution >= 0.6 is 11.3 Å². The minimum atomic E-state index is -0.146. The first kappa shape index (κ1) is 12.2. The molecule has 4 heteroatoms. The first-order valence-corrected chi connectivity index (χ1v) is 6.08. The lowest BCUT2D eigenvalue weighted by atomic mass is 10.2. The standard InChI is InChI=1S/C11H18N2OS/c1-8(2)13-11(14)9(3)12-6-10-4-5-15-7-10/h4-5,7-9,12H,6H2,1-3H3,(H,13,14). The molecule has 0 aliphatic carbocycles. The van der Waals surface area contributed by atoms with Gasteiger partial charge in [-0.2, -0.15) is 11.3 Å². The highest BCUT2D eigenvalue weighted by atomic mass is 32.1. The SMILES string of the molecule is CC(C)NC(=O)C(C)NCc1ccsc1. The third-order valence-electron chi connectivity index (χ3n) is 2.02. The molecule has 0 saturated carbocycles. The van der Waals surface area contributed by atoms with Gasteiger partial charge in [0.1, 0.15) is 0 Å². The van der Waals surface area contributed by atoms with Crippen LogP contribution in [-0.2, 0) is 11.3 Å². The number of amides is 1. The molecule has 0 aromatic carbocycles. The van der Waals surface area contributed by atoms with Crippen LogP contribution in [0.3, 0.4) is 0 Å². The molecule has 84 valence electrons. The zero-order valence-corrected chi connectivity index (χ0v) is 10.2. The summed E-state index contributed by atoms with van der Waals surface area (Å²) in [4.78, 5) is 11.5. The topological polar surface area (TPSA) is 41.1 Å². The maximum atomic E-state index is 11.5. The molecule has 1 atom stereocenters. The van der Waals surface area contributed by atoms with Gasteiger partial charge in [-0.25, -0.2) is 0 Å². The summed E-state index contributed by atoms with van der Waals surface area (Å²) >= 11 is 1.67. The zero-order chi connectivity index (χ0) is 11.3. The summed E-state index contributed by atoms with van der Waals surface area (Å²) in [5, 5.41) is 10.2. The highest BCUT2D eigenvalue weighted by molar-refractivity contribution is 7.07. The van der Waals surface area contributed by atoms with Crippen LogP contribution in [0.5, 0.6) is 0 Å². The lowest BCUT2D eigenvalue weighted by Crippen LogP contribution is -2.44. The predicted molar refractivity (Wildman–Crippen MR) is 63.9 cm³/mol. The molecule has 0 aliphatic rings. The molecule has 15 heavy (non-hydrogen) atoms. The summed E-state index contributed by atoms with van der Waals surface area (Å²) < 4.78 is 0. The highest BCUT2D eigenvalue weighted by Crippen LogP contribution is 2.05. The van der Waals surface area contributed by atoms with Crippen molar-refractivity contribution in [1.29, 1.82) is 0 Å². The van der Waals surface area contributed by atoms with Crippen LogP contribution in [0.4, 0.5) is 0 Å². The van der Waals surface area contributed by atoms with Crippen molar-refractivity contribution in [2.75, 3.05) is 0 Å². The van der Waals surface area contributed by atoms with Crippen molar-refractivity contribution in [3.63, 3.8) is 0 Å². The Morgan fingerprint density at radius 2 is 2.20 bits per heavy atom. The molecule has 0 saturated heterocycles. The van der Waals surface area contributed by atoms with Crippen LogP contribution in [0.2, 0.25) is 0 Å². The molecule has 0 fully saturated rings. The van der Waals surface area contributed by atoms with E-state index in [1.165, 1.54) is 5.56 Å². The van der Waals surface area contributed by atoms with E-state index in [9.17, 15) is 4.79 Å². The predicted octanol–water partition coefficient (Wildman–Crippen LogP) is 1.75. The summed E-state index contributed by atoms with van der Waals surface area (Å²) in [6.45, 7) is 6.55. The Balaban J connectivity index is 2.29. The minimum Gasteiger partial charge on any atom is -0.353 e. The molecule has 1 aromatic rings. The van der Waals surface area contributed by atoms with Gasteiger partial charge in [-0.1, -0.05) is 0 Å². The minimum absolute atomic E-state index is 0.0558. The van der Waals surface area contributed by atoms with Gasteiger partial charge in [-0.15, -0.1) is 0 Å². The Hall–Kier alpha value is -0.870. The van der Waals surface area contributed by atoms with Gasteiger partial charge >= 0.3 is 0 Å². The average Bonchev–Trinajstić information content (AvgIpc) is 2.65. The summed E-state index contributed by atoms with van der Waals surface area (Å²) in [5.74, 6) is 0.0558. The third-order valence-corrected chi connectivity index (χ3v) is 2.75. The van der Waals surface area contributed by atoms with Crippen LogP contribution in [0.1, 0.15) is 26.3 Å². The number of thiophene rings is 1. The fourth-order valence-corrected chi connectivity index (χ4v) is 1.84. The second-order valence-corrected chi connectivity index (χ2v) is 4.68. The second-order valence-electron chi connectivity index (χ2n) is 3.90. The summed E-state index contributed by atoms with van der Waals surface area (Å²) in [6, 6.07) is 2.11. The Bertz CT molecular complexity index is 296.